The van der Waals surface area contributed by atoms with Crippen molar-refractivity contribution in [1.82, 2.24) is 5.32 Å². The number of primary sulfonamides is 1. The van der Waals surface area contributed by atoms with Gasteiger partial charge in [0.2, 0.25) is 10.0 Å². The number of ether oxygens (including phenoxy) is 2. The molecule has 3 N–H and O–H groups in total. The van der Waals surface area contributed by atoms with E-state index in [1.165, 1.54) is 12.1 Å². The lowest BCUT2D eigenvalue weighted by atomic mass is 10.1. The lowest BCUT2D eigenvalue weighted by Gasteiger charge is -2.15. The maximum absolute atomic E-state index is 11.3. The highest BCUT2D eigenvalue weighted by Crippen LogP contribution is 2.34. The predicted octanol–water partition coefficient (Wildman–Crippen LogP) is 5.21. The number of halogens is 3. The van der Waals surface area contributed by atoms with Gasteiger partial charge < -0.3 is 14.8 Å². The number of hydrogen-bond donors (Lipinski definition) is 2. The molecule has 3 aromatic carbocycles. The lowest BCUT2D eigenvalue weighted by Crippen LogP contribution is -2.17. The Morgan fingerprint density at radius 2 is 1.61 bits per heavy atom. The van der Waals surface area contributed by atoms with Crippen LogP contribution in [0.3, 0.4) is 0 Å². The number of nitrogens with two attached hydrogens (primary N) is 1. The lowest BCUT2D eigenvalue weighted by molar-refractivity contribution is 0.284. The van der Waals surface area contributed by atoms with Crippen molar-refractivity contribution in [3.63, 3.8) is 0 Å². The maximum Gasteiger partial charge on any atom is 0.238 e. The quantitative estimate of drug-likeness (QED) is 0.352. The first-order valence-electron chi connectivity index (χ1n) is 9.93. The van der Waals surface area contributed by atoms with Crippen LogP contribution in [-0.2, 0) is 29.6 Å². The second kappa shape index (κ2) is 11.4. The van der Waals surface area contributed by atoms with Crippen LogP contribution in [0.2, 0.25) is 15.1 Å². The van der Waals surface area contributed by atoms with Gasteiger partial charge in [0, 0.05) is 33.2 Å². The molecule has 3 rings (SSSR count). The van der Waals surface area contributed by atoms with Crippen LogP contribution in [0, 0.1) is 0 Å². The molecule has 0 saturated heterocycles. The largest absolute Gasteiger partial charge is 0.493 e. The van der Waals surface area contributed by atoms with Crippen molar-refractivity contribution in [2.24, 2.45) is 5.14 Å². The summed E-state index contributed by atoms with van der Waals surface area (Å²) in [6.45, 7) is 1.43. The highest BCUT2D eigenvalue weighted by atomic mass is 35.5. The van der Waals surface area contributed by atoms with Crippen molar-refractivity contribution in [1.29, 1.82) is 0 Å². The second-order valence-corrected chi connectivity index (χ2v) is 10.0. The Labute approximate surface area is 208 Å². The minimum atomic E-state index is -3.68. The number of sulfonamides is 1. The van der Waals surface area contributed by atoms with Gasteiger partial charge in [-0.3, -0.25) is 0 Å². The van der Waals surface area contributed by atoms with Crippen molar-refractivity contribution in [2.75, 3.05) is 13.7 Å². The molecule has 0 aliphatic carbocycles. The minimum absolute atomic E-state index is 0.0960. The van der Waals surface area contributed by atoms with Crippen molar-refractivity contribution >= 4 is 44.8 Å². The van der Waals surface area contributed by atoms with Crippen molar-refractivity contribution in [2.45, 2.75) is 24.5 Å². The molecule has 176 valence electrons. The van der Waals surface area contributed by atoms with Crippen LogP contribution in [0.15, 0.2) is 59.5 Å². The standard InChI is InChI=1S/C23H23Cl3N2O4S/c1-31-22-10-17(13-28-9-8-15-2-6-19(7-3-15)33(27,29)30)21(26)12-23(22)32-14-16-4-5-18(24)11-20(16)25/h2-7,10-12,28H,8-9,13-14H2,1H3,(H2,27,29,30). The summed E-state index contributed by atoms with van der Waals surface area (Å²) in [7, 11) is -2.12. The Hall–Kier alpha value is -2.00. The molecule has 0 atom stereocenters. The van der Waals surface area contributed by atoms with Crippen molar-refractivity contribution in [3.05, 3.63) is 86.4 Å². The third-order valence-electron chi connectivity index (χ3n) is 4.89. The summed E-state index contributed by atoms with van der Waals surface area (Å²) in [6, 6.07) is 15.3. The van der Waals surface area contributed by atoms with Gasteiger partial charge in [-0.05, 0) is 54.4 Å². The van der Waals surface area contributed by atoms with E-state index in [0.29, 0.717) is 46.1 Å². The summed E-state index contributed by atoms with van der Waals surface area (Å²) < 4.78 is 34.0. The van der Waals surface area contributed by atoms with E-state index in [0.717, 1.165) is 16.7 Å². The average molecular weight is 530 g/mol. The zero-order valence-electron chi connectivity index (χ0n) is 17.8. The summed E-state index contributed by atoms with van der Waals surface area (Å²) in [6.07, 6.45) is 0.711. The molecule has 6 nitrogen and oxygen atoms in total. The van der Waals surface area contributed by atoms with Gasteiger partial charge in [0.1, 0.15) is 6.61 Å². The Bertz CT molecular complexity index is 1220. The zero-order valence-corrected chi connectivity index (χ0v) is 20.9. The molecule has 10 heteroatoms. The predicted molar refractivity (Wildman–Crippen MR) is 132 cm³/mol. The molecule has 0 radical (unpaired) electrons. The van der Waals surface area contributed by atoms with E-state index in [-0.39, 0.29) is 11.5 Å². The Kier molecular flexibility index (Phi) is 8.87. The maximum atomic E-state index is 11.3. The van der Waals surface area contributed by atoms with Gasteiger partial charge in [-0.25, -0.2) is 13.6 Å². The molecule has 0 heterocycles. The summed E-state index contributed by atoms with van der Waals surface area (Å²) in [5.74, 6) is 1.06. The van der Waals surface area contributed by atoms with E-state index in [9.17, 15) is 8.42 Å². The van der Waals surface area contributed by atoms with E-state index in [1.54, 1.807) is 43.5 Å². The highest BCUT2D eigenvalue weighted by molar-refractivity contribution is 7.89. The fourth-order valence-corrected chi connectivity index (χ4v) is 4.28. The van der Waals surface area contributed by atoms with Gasteiger partial charge in [-0.15, -0.1) is 0 Å². The van der Waals surface area contributed by atoms with Gasteiger partial charge in [-0.2, -0.15) is 0 Å². The van der Waals surface area contributed by atoms with Crippen LogP contribution < -0.4 is 19.9 Å². The fourth-order valence-electron chi connectivity index (χ4n) is 3.08. The van der Waals surface area contributed by atoms with E-state index in [2.05, 4.69) is 5.32 Å². The second-order valence-electron chi connectivity index (χ2n) is 7.23. The van der Waals surface area contributed by atoms with Gasteiger partial charge in [0.25, 0.3) is 0 Å². The Morgan fingerprint density at radius 1 is 0.909 bits per heavy atom. The first kappa shape index (κ1) is 25.6. The molecule has 3 aromatic rings. The van der Waals surface area contributed by atoms with Crippen LogP contribution in [-0.4, -0.2) is 22.1 Å². The molecule has 0 bridgehead atoms. The van der Waals surface area contributed by atoms with Gasteiger partial charge in [0.15, 0.2) is 11.5 Å². The van der Waals surface area contributed by atoms with Crippen LogP contribution in [0.25, 0.3) is 0 Å². The number of nitrogens with one attached hydrogen (secondary N) is 1. The van der Waals surface area contributed by atoms with Crippen LogP contribution in [0.1, 0.15) is 16.7 Å². The van der Waals surface area contributed by atoms with Gasteiger partial charge in [0.05, 0.1) is 12.0 Å². The van der Waals surface area contributed by atoms with E-state index in [4.69, 9.17) is 49.4 Å². The number of methoxy groups -OCH3 is 1. The SMILES string of the molecule is COc1cc(CNCCc2ccc(S(N)(=O)=O)cc2)c(Cl)cc1OCc1ccc(Cl)cc1Cl. The van der Waals surface area contributed by atoms with Gasteiger partial charge >= 0.3 is 0 Å². The average Bonchev–Trinajstić information content (AvgIpc) is 2.77. The number of hydrogen-bond acceptors (Lipinski definition) is 5. The highest BCUT2D eigenvalue weighted by Gasteiger charge is 2.12. The molecular weight excluding hydrogens is 507 g/mol. The third-order valence-corrected chi connectivity index (χ3v) is 6.76. The molecule has 0 unspecified atom stereocenters. The monoisotopic (exact) mass is 528 g/mol. The third kappa shape index (κ3) is 7.24. The number of benzene rings is 3. The normalized spacial score (nSPS) is 11.4. The van der Waals surface area contributed by atoms with Crippen LogP contribution in [0.5, 0.6) is 11.5 Å². The number of rotatable bonds is 10. The van der Waals surface area contributed by atoms with Crippen molar-refractivity contribution in [3.8, 4) is 11.5 Å². The van der Waals surface area contributed by atoms with E-state index < -0.39 is 10.0 Å². The molecule has 0 aromatic heterocycles. The Morgan fingerprint density at radius 3 is 2.24 bits per heavy atom. The first-order chi connectivity index (χ1) is 15.7. The first-order valence-corrected chi connectivity index (χ1v) is 12.6. The molecular formula is C23H23Cl3N2O4S. The molecule has 0 fully saturated rings. The topological polar surface area (TPSA) is 90.6 Å². The van der Waals surface area contributed by atoms with Gasteiger partial charge in [-0.1, -0.05) is 53.0 Å². The fraction of sp³-hybridized carbons (Fsp3) is 0.217. The summed E-state index contributed by atoms with van der Waals surface area (Å²) in [5, 5.41) is 10.1. The zero-order chi connectivity index (χ0) is 24.0. The molecule has 0 amide bonds. The van der Waals surface area contributed by atoms with E-state index in [1.807, 2.05) is 6.07 Å². The van der Waals surface area contributed by atoms with E-state index >= 15 is 0 Å². The summed E-state index contributed by atoms with van der Waals surface area (Å²) in [4.78, 5) is 0.0960. The van der Waals surface area contributed by atoms with Crippen molar-refractivity contribution < 1.29 is 17.9 Å². The van der Waals surface area contributed by atoms with Crippen LogP contribution in [0.4, 0.5) is 0 Å². The molecule has 0 spiro atoms. The minimum Gasteiger partial charge on any atom is -0.493 e. The molecule has 0 saturated carbocycles. The molecule has 33 heavy (non-hydrogen) atoms. The summed E-state index contributed by atoms with van der Waals surface area (Å²) >= 11 is 18.6. The molecule has 0 aliphatic rings. The Balaban J connectivity index is 1.57. The summed E-state index contributed by atoms with van der Waals surface area (Å²) in [5.41, 5.74) is 2.64. The smallest absolute Gasteiger partial charge is 0.238 e. The van der Waals surface area contributed by atoms with Crippen LogP contribution >= 0.6 is 34.8 Å². The molecule has 0 aliphatic heterocycles.